The van der Waals surface area contributed by atoms with Crippen LogP contribution in [-0.4, -0.2) is 25.2 Å². The molecule has 0 amide bonds. The van der Waals surface area contributed by atoms with E-state index in [1.54, 1.807) is 0 Å². The Labute approximate surface area is 91.6 Å². The average molecular weight is 209 g/mol. The number of hydrogen-bond donors (Lipinski definition) is 1. The first-order chi connectivity index (χ1) is 7.27. The number of nitrogens with one attached hydrogen (secondary N) is 1. The number of ether oxygens (including phenoxy) is 1. The minimum Gasteiger partial charge on any atom is -0.466 e. The van der Waals surface area contributed by atoms with E-state index in [0.29, 0.717) is 19.2 Å². The van der Waals surface area contributed by atoms with Gasteiger partial charge in [-0.3, -0.25) is 4.79 Å². The molecule has 0 bridgehead atoms. The summed E-state index contributed by atoms with van der Waals surface area (Å²) in [5, 5.41) is 3.25. The molecule has 84 valence electrons. The second kappa shape index (κ2) is 6.47. The molecule has 0 aromatic heterocycles. The van der Waals surface area contributed by atoms with Crippen LogP contribution >= 0.6 is 0 Å². The molecular weight excluding hydrogens is 190 g/mol. The Hall–Kier alpha value is -1.01. The quantitative estimate of drug-likeness (QED) is 0.561. The Bertz CT molecular complexity index is 244. The number of hydrogen-bond acceptors (Lipinski definition) is 3. The van der Waals surface area contributed by atoms with Crippen LogP contribution in [0, 0.1) is 18.3 Å². The molecule has 1 aliphatic carbocycles. The monoisotopic (exact) mass is 209 g/mol. The zero-order valence-electron chi connectivity index (χ0n) is 9.29. The lowest BCUT2D eigenvalue weighted by molar-refractivity contribution is -0.149. The Balaban J connectivity index is 2.35. The van der Waals surface area contributed by atoms with E-state index in [-0.39, 0.29) is 11.9 Å². The molecule has 0 saturated heterocycles. The molecule has 0 spiro atoms. The highest BCUT2D eigenvalue weighted by Crippen LogP contribution is 2.25. The van der Waals surface area contributed by atoms with E-state index < -0.39 is 0 Å². The van der Waals surface area contributed by atoms with Crippen LogP contribution in [0.2, 0.25) is 0 Å². The van der Waals surface area contributed by atoms with Crippen molar-refractivity contribution in [1.29, 1.82) is 0 Å². The van der Waals surface area contributed by atoms with E-state index in [1.807, 2.05) is 6.92 Å². The molecule has 1 rings (SSSR count). The second-order valence-electron chi connectivity index (χ2n) is 3.90. The minimum atomic E-state index is -0.0512. The van der Waals surface area contributed by atoms with Gasteiger partial charge in [0, 0.05) is 6.04 Å². The Kier molecular flexibility index (Phi) is 5.20. The molecule has 0 aromatic carbocycles. The number of terminal acetylenes is 1. The van der Waals surface area contributed by atoms with Gasteiger partial charge >= 0.3 is 5.97 Å². The average Bonchev–Trinajstić information content (AvgIpc) is 2.27. The first-order valence-corrected chi connectivity index (χ1v) is 5.61. The van der Waals surface area contributed by atoms with Crippen LogP contribution in [0.15, 0.2) is 0 Å². The van der Waals surface area contributed by atoms with Crippen LogP contribution < -0.4 is 5.32 Å². The van der Waals surface area contributed by atoms with E-state index in [0.717, 1.165) is 25.7 Å². The topological polar surface area (TPSA) is 38.3 Å². The molecule has 2 unspecified atom stereocenters. The summed E-state index contributed by atoms with van der Waals surface area (Å²) < 4.78 is 5.03. The first kappa shape index (κ1) is 12.1. The molecule has 1 fully saturated rings. The summed E-state index contributed by atoms with van der Waals surface area (Å²) in [6.07, 6.45) is 9.18. The zero-order chi connectivity index (χ0) is 11.1. The normalized spacial score (nSPS) is 25.6. The molecule has 1 saturated carbocycles. The van der Waals surface area contributed by atoms with Gasteiger partial charge in [-0.1, -0.05) is 12.3 Å². The maximum atomic E-state index is 11.5. The Morgan fingerprint density at radius 1 is 1.60 bits per heavy atom. The maximum absolute atomic E-state index is 11.5. The molecule has 3 heteroatoms. The van der Waals surface area contributed by atoms with Gasteiger partial charge in [0.1, 0.15) is 0 Å². The molecule has 0 aliphatic heterocycles. The van der Waals surface area contributed by atoms with E-state index in [4.69, 9.17) is 11.2 Å². The van der Waals surface area contributed by atoms with Crippen LogP contribution in [0.1, 0.15) is 32.6 Å². The molecule has 3 nitrogen and oxygen atoms in total. The van der Waals surface area contributed by atoms with Crippen LogP contribution in [0.25, 0.3) is 0 Å². The number of carbonyl (C=O) groups excluding carboxylic acids is 1. The lowest BCUT2D eigenvalue weighted by Gasteiger charge is -2.27. The number of esters is 1. The first-order valence-electron chi connectivity index (χ1n) is 5.61. The van der Waals surface area contributed by atoms with Crippen molar-refractivity contribution in [2.45, 2.75) is 38.6 Å². The van der Waals surface area contributed by atoms with Gasteiger partial charge in [0.25, 0.3) is 0 Å². The fourth-order valence-electron chi connectivity index (χ4n) is 2.05. The van der Waals surface area contributed by atoms with Crippen LogP contribution in [-0.2, 0) is 9.53 Å². The summed E-state index contributed by atoms with van der Waals surface area (Å²) in [4.78, 5) is 11.5. The van der Waals surface area contributed by atoms with E-state index in [9.17, 15) is 4.79 Å². The van der Waals surface area contributed by atoms with E-state index in [1.165, 1.54) is 0 Å². The van der Waals surface area contributed by atoms with Gasteiger partial charge in [-0.2, -0.15) is 0 Å². The smallest absolute Gasteiger partial charge is 0.308 e. The SMILES string of the molecule is C#CCNC1CCCC(C(=O)OCC)C1. The molecule has 0 aromatic rings. The molecule has 0 heterocycles. The van der Waals surface area contributed by atoms with Gasteiger partial charge in [-0.25, -0.2) is 0 Å². The van der Waals surface area contributed by atoms with Crippen LogP contribution in [0.3, 0.4) is 0 Å². The van der Waals surface area contributed by atoms with Gasteiger partial charge in [0.05, 0.1) is 19.1 Å². The highest BCUT2D eigenvalue weighted by Gasteiger charge is 2.27. The molecular formula is C12H19NO2. The van der Waals surface area contributed by atoms with Crippen molar-refractivity contribution in [1.82, 2.24) is 5.32 Å². The third-order valence-electron chi connectivity index (χ3n) is 2.79. The van der Waals surface area contributed by atoms with Crippen molar-refractivity contribution in [2.75, 3.05) is 13.2 Å². The predicted octanol–water partition coefficient (Wildman–Crippen LogP) is 1.33. The van der Waals surface area contributed by atoms with Gasteiger partial charge in [0.15, 0.2) is 0 Å². The van der Waals surface area contributed by atoms with Gasteiger partial charge in [-0.05, 0) is 26.2 Å². The predicted molar refractivity (Wildman–Crippen MR) is 59.2 cm³/mol. The third-order valence-corrected chi connectivity index (χ3v) is 2.79. The number of rotatable bonds is 4. The molecule has 15 heavy (non-hydrogen) atoms. The Morgan fingerprint density at radius 3 is 3.07 bits per heavy atom. The van der Waals surface area contributed by atoms with Gasteiger partial charge < -0.3 is 10.1 Å². The fourth-order valence-corrected chi connectivity index (χ4v) is 2.05. The summed E-state index contributed by atoms with van der Waals surface area (Å²) in [5.74, 6) is 2.57. The zero-order valence-corrected chi connectivity index (χ0v) is 9.29. The van der Waals surface area contributed by atoms with Gasteiger partial charge in [-0.15, -0.1) is 6.42 Å². The largest absolute Gasteiger partial charge is 0.466 e. The summed E-state index contributed by atoms with van der Waals surface area (Å²) >= 11 is 0. The summed E-state index contributed by atoms with van der Waals surface area (Å²) in [6, 6.07) is 0.379. The standard InChI is InChI=1S/C12H19NO2/c1-3-8-13-11-7-5-6-10(9-11)12(14)15-4-2/h1,10-11,13H,4-9H2,2H3. The highest BCUT2D eigenvalue weighted by atomic mass is 16.5. The highest BCUT2D eigenvalue weighted by molar-refractivity contribution is 5.72. The Morgan fingerprint density at radius 2 is 2.40 bits per heavy atom. The lowest BCUT2D eigenvalue weighted by Crippen LogP contribution is -2.37. The fraction of sp³-hybridized carbons (Fsp3) is 0.750. The van der Waals surface area contributed by atoms with E-state index >= 15 is 0 Å². The summed E-state index contributed by atoms with van der Waals surface area (Å²) in [5.41, 5.74) is 0. The van der Waals surface area contributed by atoms with Crippen LogP contribution in [0.5, 0.6) is 0 Å². The molecule has 1 aliphatic rings. The van der Waals surface area contributed by atoms with E-state index in [2.05, 4.69) is 11.2 Å². The van der Waals surface area contributed by atoms with Crippen molar-refractivity contribution in [3.8, 4) is 12.3 Å². The summed E-state index contributed by atoms with van der Waals surface area (Å²) in [6.45, 7) is 2.90. The number of carbonyl (C=O) groups is 1. The van der Waals surface area contributed by atoms with Crippen molar-refractivity contribution in [2.24, 2.45) is 5.92 Å². The lowest BCUT2D eigenvalue weighted by atomic mass is 9.86. The van der Waals surface area contributed by atoms with Gasteiger partial charge in [0.2, 0.25) is 0 Å². The molecule has 1 N–H and O–H groups in total. The molecule has 2 atom stereocenters. The minimum absolute atomic E-state index is 0.0512. The van der Waals surface area contributed by atoms with Crippen molar-refractivity contribution in [3.05, 3.63) is 0 Å². The second-order valence-corrected chi connectivity index (χ2v) is 3.90. The van der Waals surface area contributed by atoms with Crippen molar-refractivity contribution >= 4 is 5.97 Å². The van der Waals surface area contributed by atoms with Crippen LogP contribution in [0.4, 0.5) is 0 Å². The van der Waals surface area contributed by atoms with Crippen molar-refractivity contribution in [3.63, 3.8) is 0 Å². The molecule has 0 radical (unpaired) electrons. The maximum Gasteiger partial charge on any atom is 0.308 e. The summed E-state index contributed by atoms with van der Waals surface area (Å²) in [7, 11) is 0. The third kappa shape index (κ3) is 3.93. The van der Waals surface area contributed by atoms with Crippen molar-refractivity contribution < 1.29 is 9.53 Å².